The van der Waals surface area contributed by atoms with Gasteiger partial charge in [0, 0.05) is 18.7 Å². The Morgan fingerprint density at radius 1 is 1.63 bits per heavy atom. The second-order valence-electron chi connectivity index (χ2n) is 4.36. The molecule has 19 heavy (non-hydrogen) atoms. The third-order valence-corrected chi connectivity index (χ3v) is 4.08. The summed E-state index contributed by atoms with van der Waals surface area (Å²) in [6.07, 6.45) is 2.94. The van der Waals surface area contributed by atoms with Crippen molar-refractivity contribution in [3.05, 3.63) is 26.3 Å². The second kappa shape index (κ2) is 7.40. The van der Waals surface area contributed by atoms with Crippen LogP contribution in [0.15, 0.2) is 10.7 Å². The molecule has 2 N–H and O–H groups in total. The maximum atomic E-state index is 10.8. The van der Waals surface area contributed by atoms with E-state index in [1.54, 1.807) is 6.92 Å². The number of nitro groups is 1. The highest BCUT2D eigenvalue weighted by molar-refractivity contribution is 9.10. The summed E-state index contributed by atoms with van der Waals surface area (Å²) >= 11 is 3.33. The zero-order chi connectivity index (χ0) is 14.4. The van der Waals surface area contributed by atoms with Crippen LogP contribution in [0.1, 0.15) is 25.3 Å². The molecule has 0 aliphatic heterocycles. The molecule has 0 saturated carbocycles. The Morgan fingerprint density at radius 3 is 2.84 bits per heavy atom. The molecule has 1 heterocycles. The smallest absolute Gasteiger partial charge is 0.291 e. The number of hydrogen-bond acceptors (Lipinski definition) is 5. The van der Waals surface area contributed by atoms with E-state index in [0.29, 0.717) is 28.3 Å². The molecule has 1 rings (SSSR count). The first-order valence-electron chi connectivity index (χ1n) is 6.15. The molecule has 0 aliphatic carbocycles. The molecule has 106 valence electrons. The van der Waals surface area contributed by atoms with E-state index < -0.39 is 4.92 Å². The molecule has 6 nitrogen and oxygen atoms in total. The van der Waals surface area contributed by atoms with Crippen molar-refractivity contribution in [3.8, 4) is 0 Å². The van der Waals surface area contributed by atoms with Crippen molar-refractivity contribution < 1.29 is 10.0 Å². The lowest BCUT2D eigenvalue weighted by molar-refractivity contribution is -0.385. The molecular formula is C12H18BrN3O3. The lowest BCUT2D eigenvalue weighted by atomic mass is 10.0. The van der Waals surface area contributed by atoms with Crippen LogP contribution in [0.4, 0.5) is 11.5 Å². The molecule has 1 aromatic rings. The minimum absolute atomic E-state index is 0.000162. The minimum Gasteiger partial charge on any atom is -0.396 e. The van der Waals surface area contributed by atoms with E-state index in [-0.39, 0.29) is 12.3 Å². The van der Waals surface area contributed by atoms with Gasteiger partial charge in [-0.25, -0.2) is 4.98 Å². The predicted molar refractivity (Wildman–Crippen MR) is 77.3 cm³/mol. The summed E-state index contributed by atoms with van der Waals surface area (Å²) in [5, 5.41) is 22.9. The lowest BCUT2D eigenvalue weighted by Gasteiger charge is -2.16. The van der Waals surface area contributed by atoms with Crippen molar-refractivity contribution in [3.63, 3.8) is 0 Å². The lowest BCUT2D eigenvalue weighted by Crippen LogP contribution is -2.16. The number of anilines is 1. The highest BCUT2D eigenvalue weighted by atomic mass is 79.9. The molecule has 1 aromatic heterocycles. The van der Waals surface area contributed by atoms with Crippen LogP contribution in [0, 0.1) is 23.0 Å². The topological polar surface area (TPSA) is 88.3 Å². The molecule has 0 fully saturated rings. The van der Waals surface area contributed by atoms with Gasteiger partial charge in [-0.05, 0) is 35.2 Å². The first-order chi connectivity index (χ1) is 9.01. The molecule has 0 aliphatic rings. The number of pyridine rings is 1. The first kappa shape index (κ1) is 15.8. The van der Waals surface area contributed by atoms with Crippen molar-refractivity contribution in [1.82, 2.24) is 4.98 Å². The molecule has 0 bridgehead atoms. The van der Waals surface area contributed by atoms with Crippen LogP contribution in [0.3, 0.4) is 0 Å². The first-order valence-corrected chi connectivity index (χ1v) is 6.94. The van der Waals surface area contributed by atoms with E-state index in [1.807, 2.05) is 0 Å². The Balaban J connectivity index is 2.80. The Labute approximate surface area is 120 Å². The van der Waals surface area contributed by atoms with Crippen LogP contribution < -0.4 is 5.32 Å². The molecule has 7 heteroatoms. The summed E-state index contributed by atoms with van der Waals surface area (Å²) in [7, 11) is 0. The van der Waals surface area contributed by atoms with Crippen LogP contribution in [0.2, 0.25) is 0 Å². The Bertz CT molecular complexity index is 454. The third-order valence-electron chi connectivity index (χ3n) is 3.11. The summed E-state index contributed by atoms with van der Waals surface area (Å²) < 4.78 is 0.612. The summed E-state index contributed by atoms with van der Waals surface area (Å²) in [4.78, 5) is 14.4. The van der Waals surface area contributed by atoms with Gasteiger partial charge in [-0.3, -0.25) is 10.1 Å². The molecule has 0 amide bonds. The quantitative estimate of drug-likeness (QED) is 0.592. The van der Waals surface area contributed by atoms with Crippen LogP contribution in [-0.2, 0) is 0 Å². The number of nitrogens with zero attached hydrogens (tertiary/aromatic N) is 2. The number of aromatic nitrogens is 1. The average molecular weight is 332 g/mol. The number of nitrogens with one attached hydrogen (secondary N) is 1. The summed E-state index contributed by atoms with van der Waals surface area (Å²) in [5.41, 5.74) is 0.553. The highest BCUT2D eigenvalue weighted by Gasteiger charge is 2.17. The fourth-order valence-corrected chi connectivity index (χ4v) is 2.20. The van der Waals surface area contributed by atoms with Gasteiger partial charge in [0.25, 0.3) is 5.69 Å². The SMILES string of the molecule is CCC(CCO)CNc1ncc([N+](=O)[O-])c(C)c1Br. The van der Waals surface area contributed by atoms with Crippen LogP contribution >= 0.6 is 15.9 Å². The van der Waals surface area contributed by atoms with Gasteiger partial charge < -0.3 is 10.4 Å². The number of rotatable bonds is 7. The Hall–Kier alpha value is -1.21. The van der Waals surface area contributed by atoms with Gasteiger partial charge in [0.2, 0.25) is 0 Å². The van der Waals surface area contributed by atoms with Gasteiger partial charge in [-0.15, -0.1) is 0 Å². The molecule has 0 saturated heterocycles. The molecule has 1 atom stereocenters. The summed E-state index contributed by atoms with van der Waals surface area (Å²) in [5.74, 6) is 0.952. The zero-order valence-corrected chi connectivity index (χ0v) is 12.6. The van der Waals surface area contributed by atoms with Gasteiger partial charge in [0.05, 0.1) is 9.40 Å². The fraction of sp³-hybridized carbons (Fsp3) is 0.583. The molecule has 1 unspecified atom stereocenters. The summed E-state index contributed by atoms with van der Waals surface area (Å²) in [6.45, 7) is 4.58. The minimum atomic E-state index is -0.447. The summed E-state index contributed by atoms with van der Waals surface area (Å²) in [6, 6.07) is 0. The van der Waals surface area contributed by atoms with E-state index >= 15 is 0 Å². The van der Waals surface area contributed by atoms with E-state index in [1.165, 1.54) is 6.20 Å². The van der Waals surface area contributed by atoms with Crippen molar-refractivity contribution >= 4 is 27.4 Å². The number of hydrogen-bond donors (Lipinski definition) is 2. The predicted octanol–water partition coefficient (Wildman–Crippen LogP) is 2.88. The van der Waals surface area contributed by atoms with Gasteiger partial charge in [-0.2, -0.15) is 0 Å². The number of halogens is 1. The van der Waals surface area contributed by atoms with Crippen molar-refractivity contribution in [2.45, 2.75) is 26.7 Å². The normalized spacial score (nSPS) is 12.2. The third kappa shape index (κ3) is 4.14. The number of aliphatic hydroxyl groups is 1. The van der Waals surface area contributed by atoms with Crippen LogP contribution in [0.25, 0.3) is 0 Å². The van der Waals surface area contributed by atoms with Gasteiger partial charge in [-0.1, -0.05) is 13.3 Å². The van der Waals surface area contributed by atoms with Crippen LogP contribution in [-0.4, -0.2) is 28.2 Å². The van der Waals surface area contributed by atoms with E-state index in [2.05, 4.69) is 33.2 Å². The van der Waals surface area contributed by atoms with Gasteiger partial charge in [0.15, 0.2) is 0 Å². The zero-order valence-electron chi connectivity index (χ0n) is 11.0. The van der Waals surface area contributed by atoms with E-state index in [4.69, 9.17) is 5.11 Å². The second-order valence-corrected chi connectivity index (χ2v) is 5.15. The maximum absolute atomic E-state index is 10.8. The standard InChI is InChI=1S/C12H18BrN3O3/c1-3-9(4-5-17)6-14-12-11(13)8(2)10(7-15-12)16(18)19/h7,9,17H,3-6H2,1-2H3,(H,14,15). The molecule has 0 spiro atoms. The van der Waals surface area contributed by atoms with Crippen molar-refractivity contribution in [1.29, 1.82) is 0 Å². The monoisotopic (exact) mass is 331 g/mol. The molecule has 0 aromatic carbocycles. The fourth-order valence-electron chi connectivity index (χ4n) is 1.75. The van der Waals surface area contributed by atoms with E-state index in [9.17, 15) is 10.1 Å². The van der Waals surface area contributed by atoms with Crippen molar-refractivity contribution in [2.24, 2.45) is 5.92 Å². The van der Waals surface area contributed by atoms with Gasteiger partial charge in [0.1, 0.15) is 12.0 Å². The number of aliphatic hydroxyl groups excluding tert-OH is 1. The Kier molecular flexibility index (Phi) is 6.17. The Morgan fingerprint density at radius 2 is 2.32 bits per heavy atom. The van der Waals surface area contributed by atoms with Crippen LogP contribution in [0.5, 0.6) is 0 Å². The van der Waals surface area contributed by atoms with Crippen molar-refractivity contribution in [2.75, 3.05) is 18.5 Å². The molecule has 0 radical (unpaired) electrons. The van der Waals surface area contributed by atoms with E-state index in [0.717, 1.165) is 12.8 Å². The molecular weight excluding hydrogens is 314 g/mol. The highest BCUT2D eigenvalue weighted by Crippen LogP contribution is 2.30. The van der Waals surface area contributed by atoms with Gasteiger partial charge >= 0.3 is 0 Å². The maximum Gasteiger partial charge on any atom is 0.291 e. The largest absolute Gasteiger partial charge is 0.396 e. The average Bonchev–Trinajstić information content (AvgIpc) is 2.38.